The topological polar surface area (TPSA) is 71.3 Å². The van der Waals surface area contributed by atoms with Crippen LogP contribution in [0.2, 0.25) is 0 Å². The highest BCUT2D eigenvalue weighted by Gasteiger charge is 2.14. The van der Waals surface area contributed by atoms with Crippen molar-refractivity contribution in [1.29, 1.82) is 5.26 Å². The van der Waals surface area contributed by atoms with Crippen LogP contribution in [0, 0.1) is 18.3 Å². The summed E-state index contributed by atoms with van der Waals surface area (Å²) in [6.45, 7) is 2.30. The molecule has 0 unspecified atom stereocenters. The smallest absolute Gasteiger partial charge is 0.266 e. The number of hydrogen-bond donors (Lipinski definition) is 1. The molecule has 0 saturated carbocycles. The lowest BCUT2D eigenvalue weighted by Crippen LogP contribution is -2.13. The highest BCUT2D eigenvalue weighted by atomic mass is 16.5. The molecular weight excluding hydrogens is 376 g/mol. The molecule has 3 aromatic rings. The number of para-hydroxylation sites is 1. The van der Waals surface area contributed by atoms with Gasteiger partial charge in [-0.3, -0.25) is 4.79 Å². The van der Waals surface area contributed by atoms with E-state index < -0.39 is 5.91 Å². The van der Waals surface area contributed by atoms with Gasteiger partial charge in [-0.2, -0.15) is 5.26 Å². The molecule has 0 radical (unpaired) electrons. The number of benzene rings is 3. The quantitative estimate of drug-likeness (QED) is 0.442. The summed E-state index contributed by atoms with van der Waals surface area (Å²) in [5.74, 6) is 0.508. The van der Waals surface area contributed by atoms with E-state index in [-0.39, 0.29) is 5.57 Å². The molecule has 3 aromatic carbocycles. The number of ether oxygens (including phenoxy) is 2. The molecule has 5 nitrogen and oxygen atoms in total. The Kier molecular flexibility index (Phi) is 6.86. The molecule has 5 heteroatoms. The van der Waals surface area contributed by atoms with Crippen molar-refractivity contribution in [2.45, 2.75) is 13.5 Å². The number of carbonyl (C=O) groups is 1. The Morgan fingerprint density at radius 3 is 2.43 bits per heavy atom. The standard InChI is InChI=1S/C25H22N2O3/c1-18-11-13-22(14-12-18)27-25(28)21(16-26)15-20-9-6-10-23(29-2)24(20)30-17-19-7-4-3-5-8-19/h3-15H,17H2,1-2H3,(H,27,28)/b21-15+. The van der Waals surface area contributed by atoms with Crippen LogP contribution in [-0.2, 0) is 11.4 Å². The summed E-state index contributed by atoms with van der Waals surface area (Å²) in [6.07, 6.45) is 1.51. The van der Waals surface area contributed by atoms with Gasteiger partial charge in [0.15, 0.2) is 11.5 Å². The van der Waals surface area contributed by atoms with E-state index in [0.29, 0.717) is 29.4 Å². The number of hydrogen-bond acceptors (Lipinski definition) is 4. The second-order valence-electron chi connectivity index (χ2n) is 6.64. The fourth-order valence-corrected chi connectivity index (χ4v) is 2.83. The zero-order valence-electron chi connectivity index (χ0n) is 16.9. The normalized spacial score (nSPS) is 10.8. The third-order valence-electron chi connectivity index (χ3n) is 4.43. The summed E-state index contributed by atoms with van der Waals surface area (Å²) >= 11 is 0. The van der Waals surface area contributed by atoms with Gasteiger partial charge < -0.3 is 14.8 Å². The van der Waals surface area contributed by atoms with Crippen LogP contribution in [0.25, 0.3) is 6.08 Å². The number of carbonyl (C=O) groups excluding carboxylic acids is 1. The van der Waals surface area contributed by atoms with Crippen molar-refractivity contribution in [3.05, 3.63) is 95.1 Å². The molecule has 0 heterocycles. The fraction of sp³-hybridized carbons (Fsp3) is 0.120. The van der Waals surface area contributed by atoms with Crippen molar-refractivity contribution in [3.8, 4) is 17.6 Å². The minimum Gasteiger partial charge on any atom is -0.493 e. The molecule has 30 heavy (non-hydrogen) atoms. The van der Waals surface area contributed by atoms with Crippen LogP contribution in [0.4, 0.5) is 5.69 Å². The lowest BCUT2D eigenvalue weighted by molar-refractivity contribution is -0.112. The molecule has 0 aliphatic heterocycles. The van der Waals surface area contributed by atoms with Crippen molar-refractivity contribution in [1.82, 2.24) is 0 Å². The number of amides is 1. The van der Waals surface area contributed by atoms with Crippen molar-refractivity contribution < 1.29 is 14.3 Å². The highest BCUT2D eigenvalue weighted by Crippen LogP contribution is 2.33. The Labute approximate surface area is 176 Å². The Morgan fingerprint density at radius 2 is 1.77 bits per heavy atom. The third-order valence-corrected chi connectivity index (χ3v) is 4.43. The molecule has 0 bridgehead atoms. The number of nitrogens with one attached hydrogen (secondary N) is 1. The third kappa shape index (κ3) is 5.27. The van der Waals surface area contributed by atoms with Gasteiger partial charge in [0.2, 0.25) is 0 Å². The van der Waals surface area contributed by atoms with Gasteiger partial charge in [-0.05, 0) is 36.8 Å². The first-order valence-corrected chi connectivity index (χ1v) is 9.44. The van der Waals surface area contributed by atoms with Crippen LogP contribution in [0.3, 0.4) is 0 Å². The minimum absolute atomic E-state index is 0.0339. The van der Waals surface area contributed by atoms with Crippen molar-refractivity contribution in [2.24, 2.45) is 0 Å². The fourth-order valence-electron chi connectivity index (χ4n) is 2.83. The first-order chi connectivity index (χ1) is 14.6. The second kappa shape index (κ2) is 9.94. The van der Waals surface area contributed by atoms with Gasteiger partial charge in [-0.25, -0.2) is 0 Å². The van der Waals surface area contributed by atoms with E-state index in [0.717, 1.165) is 11.1 Å². The van der Waals surface area contributed by atoms with Gasteiger partial charge in [0.25, 0.3) is 5.91 Å². The zero-order valence-corrected chi connectivity index (χ0v) is 16.9. The largest absolute Gasteiger partial charge is 0.493 e. The summed E-state index contributed by atoms with van der Waals surface area (Å²) in [5, 5.41) is 12.3. The van der Waals surface area contributed by atoms with Gasteiger partial charge in [0.1, 0.15) is 18.2 Å². The van der Waals surface area contributed by atoms with Crippen LogP contribution >= 0.6 is 0 Å². The lowest BCUT2D eigenvalue weighted by Gasteiger charge is -2.14. The van der Waals surface area contributed by atoms with Gasteiger partial charge in [0.05, 0.1) is 7.11 Å². The van der Waals surface area contributed by atoms with Gasteiger partial charge in [-0.1, -0.05) is 60.2 Å². The molecule has 0 saturated heterocycles. The predicted molar refractivity (Wildman–Crippen MR) is 117 cm³/mol. The molecule has 0 aliphatic rings. The van der Waals surface area contributed by atoms with E-state index in [4.69, 9.17) is 9.47 Å². The Balaban J connectivity index is 1.86. The number of methoxy groups -OCH3 is 1. The van der Waals surface area contributed by atoms with Crippen LogP contribution in [0.5, 0.6) is 11.5 Å². The highest BCUT2D eigenvalue weighted by molar-refractivity contribution is 6.09. The maximum absolute atomic E-state index is 12.6. The average Bonchev–Trinajstić information content (AvgIpc) is 2.78. The monoisotopic (exact) mass is 398 g/mol. The average molecular weight is 398 g/mol. The number of nitrogens with zero attached hydrogens (tertiary/aromatic N) is 1. The molecule has 150 valence electrons. The molecule has 3 rings (SSSR count). The second-order valence-corrected chi connectivity index (χ2v) is 6.64. The van der Waals surface area contributed by atoms with Crippen LogP contribution in [0.1, 0.15) is 16.7 Å². The summed E-state index contributed by atoms with van der Waals surface area (Å²) in [7, 11) is 1.55. The van der Waals surface area contributed by atoms with E-state index in [1.165, 1.54) is 6.08 Å². The number of anilines is 1. The SMILES string of the molecule is COc1cccc(/C=C(\C#N)C(=O)Nc2ccc(C)cc2)c1OCc1ccccc1. The van der Waals surface area contributed by atoms with Crippen LogP contribution in [0.15, 0.2) is 78.4 Å². The van der Waals surface area contributed by atoms with E-state index in [2.05, 4.69) is 5.32 Å². The lowest BCUT2D eigenvalue weighted by atomic mass is 10.1. The Bertz CT molecular complexity index is 1080. The van der Waals surface area contributed by atoms with Crippen LogP contribution in [-0.4, -0.2) is 13.0 Å². The van der Waals surface area contributed by atoms with Crippen LogP contribution < -0.4 is 14.8 Å². The molecule has 0 aliphatic carbocycles. The molecule has 1 N–H and O–H groups in total. The van der Waals surface area contributed by atoms with E-state index >= 15 is 0 Å². The van der Waals surface area contributed by atoms with Gasteiger partial charge in [0, 0.05) is 11.3 Å². The van der Waals surface area contributed by atoms with E-state index in [1.807, 2.05) is 55.5 Å². The molecule has 0 aromatic heterocycles. The molecule has 0 spiro atoms. The molecule has 1 amide bonds. The maximum Gasteiger partial charge on any atom is 0.266 e. The number of rotatable bonds is 7. The molecular formula is C25H22N2O3. The molecule has 0 fully saturated rings. The van der Waals surface area contributed by atoms with Gasteiger partial charge >= 0.3 is 0 Å². The predicted octanol–water partition coefficient (Wildman–Crippen LogP) is 5.13. The first kappa shape index (κ1) is 20.7. The molecule has 0 atom stereocenters. The Hall–Kier alpha value is -4.04. The number of nitriles is 1. The summed E-state index contributed by atoms with van der Waals surface area (Å²) in [5.41, 5.74) is 3.25. The van der Waals surface area contributed by atoms with Crippen molar-refractivity contribution in [2.75, 3.05) is 12.4 Å². The zero-order chi connectivity index (χ0) is 21.3. The summed E-state index contributed by atoms with van der Waals surface area (Å²) in [6, 6.07) is 24.4. The Morgan fingerprint density at radius 1 is 1.03 bits per heavy atom. The number of aryl methyl sites for hydroxylation is 1. The van der Waals surface area contributed by atoms with Crippen molar-refractivity contribution in [3.63, 3.8) is 0 Å². The van der Waals surface area contributed by atoms with E-state index in [1.54, 1.807) is 37.4 Å². The summed E-state index contributed by atoms with van der Waals surface area (Å²) in [4.78, 5) is 12.6. The first-order valence-electron chi connectivity index (χ1n) is 9.44. The van der Waals surface area contributed by atoms with E-state index in [9.17, 15) is 10.1 Å². The summed E-state index contributed by atoms with van der Waals surface area (Å²) < 4.78 is 11.4. The van der Waals surface area contributed by atoms with Gasteiger partial charge in [-0.15, -0.1) is 0 Å². The van der Waals surface area contributed by atoms with Crippen molar-refractivity contribution >= 4 is 17.7 Å². The maximum atomic E-state index is 12.6. The minimum atomic E-state index is -0.488.